The molecule has 1 heterocycles. The van der Waals surface area contributed by atoms with Crippen molar-refractivity contribution in [2.24, 2.45) is 11.1 Å². The van der Waals surface area contributed by atoms with Crippen molar-refractivity contribution < 1.29 is 37.5 Å². The molecule has 0 atom stereocenters. The van der Waals surface area contributed by atoms with Crippen LogP contribution in [0.25, 0.3) is 10.9 Å². The van der Waals surface area contributed by atoms with Crippen LogP contribution in [0, 0.1) is 17.2 Å². The summed E-state index contributed by atoms with van der Waals surface area (Å²) in [5, 5.41) is 13.9. The molecular formula is C9H8N4O3Y-2. The second-order valence-electron chi connectivity index (χ2n) is 2.85. The maximum absolute atomic E-state index is 11.0. The van der Waals surface area contributed by atoms with Crippen LogP contribution in [0.15, 0.2) is 29.7 Å². The summed E-state index contributed by atoms with van der Waals surface area (Å²) in [6.45, 7) is 0. The Hall–Kier alpha value is -1.47. The molecular weight excluding hydrogens is 301 g/mol. The molecule has 2 aromatic rings. The Morgan fingerprint density at radius 3 is 2.65 bits per heavy atom. The van der Waals surface area contributed by atoms with Gasteiger partial charge in [0, 0.05) is 32.7 Å². The van der Waals surface area contributed by atoms with E-state index in [0.717, 1.165) is 10.7 Å². The van der Waals surface area contributed by atoms with Gasteiger partial charge in [-0.1, -0.05) is 17.5 Å². The molecule has 0 fully saturated rings. The Kier molecular flexibility index (Phi) is 6.38. The van der Waals surface area contributed by atoms with Crippen LogP contribution in [0.5, 0.6) is 0 Å². The van der Waals surface area contributed by atoms with Gasteiger partial charge in [0.15, 0.2) is 0 Å². The monoisotopic (exact) mass is 309 g/mol. The molecule has 0 saturated carbocycles. The summed E-state index contributed by atoms with van der Waals surface area (Å²) in [4.78, 5) is 19.0. The standard InChI is InChI=1S/C9H8N3O.HNO2.Y/c1-12-5-6-3-2-4-7(9(10)13)8(6)11-12;2-1-3;/h2-5H,1H2,(H2,10,13);(H,2,3);/q-1;;/p-1. The third-order valence-electron chi connectivity index (χ3n) is 1.85. The predicted molar refractivity (Wildman–Crippen MR) is 58.2 cm³/mol. The molecule has 8 heteroatoms. The molecule has 17 heavy (non-hydrogen) atoms. The largest absolute Gasteiger partial charge is 0.444 e. The van der Waals surface area contributed by atoms with Gasteiger partial charge in [-0.25, -0.2) is 5.10 Å². The Labute approximate surface area is 122 Å². The number of carbonyl (C=O) groups is 1. The van der Waals surface area contributed by atoms with Crippen LogP contribution < -0.4 is 5.73 Å². The molecule has 2 rings (SSSR count). The number of hydrogen-bond acceptors (Lipinski definition) is 5. The van der Waals surface area contributed by atoms with Crippen molar-refractivity contribution in [2.45, 2.75) is 0 Å². The van der Waals surface area contributed by atoms with Gasteiger partial charge in [0.2, 0.25) is 0 Å². The predicted octanol–water partition coefficient (Wildman–Crippen LogP) is 1.02. The Morgan fingerprint density at radius 1 is 1.53 bits per heavy atom. The average Bonchev–Trinajstić information content (AvgIpc) is 2.58. The minimum absolute atomic E-state index is 0. The molecule has 2 N–H and O–H groups in total. The number of nitrogens with two attached hydrogens (primary N) is 1. The molecule has 0 spiro atoms. The molecule has 0 bridgehead atoms. The molecule has 0 saturated heterocycles. The number of aromatic nitrogens is 2. The van der Waals surface area contributed by atoms with Gasteiger partial charge in [-0.15, -0.1) is 11.5 Å². The summed E-state index contributed by atoms with van der Waals surface area (Å²) in [7, 11) is 3.61. The van der Waals surface area contributed by atoms with Gasteiger partial charge in [0.1, 0.15) is 0 Å². The molecule has 0 aliphatic heterocycles. The van der Waals surface area contributed by atoms with Crippen molar-refractivity contribution in [3.05, 3.63) is 47.1 Å². The fourth-order valence-electron chi connectivity index (χ4n) is 1.29. The van der Waals surface area contributed by atoms with Crippen LogP contribution in [-0.2, 0) is 32.7 Å². The number of primary amides is 1. The number of hydrogen-bond donors (Lipinski definition) is 1. The molecule has 1 aromatic heterocycles. The number of amides is 1. The Morgan fingerprint density at radius 2 is 2.12 bits per heavy atom. The molecule has 87 valence electrons. The SMILES string of the molecule is O=N[O-].[CH2-]n1cc2cccc(C(N)=O)c2n1.[Y]. The van der Waals surface area contributed by atoms with Crippen LogP contribution in [0.4, 0.5) is 0 Å². The average molecular weight is 309 g/mol. The summed E-state index contributed by atoms with van der Waals surface area (Å²) in [5.74, 6) is -0.468. The van der Waals surface area contributed by atoms with Gasteiger partial charge < -0.3 is 20.5 Å². The maximum Gasteiger partial charge on any atom is 0.250 e. The van der Waals surface area contributed by atoms with Crippen molar-refractivity contribution in [2.75, 3.05) is 0 Å². The Bertz CT molecular complexity index is 526. The van der Waals surface area contributed by atoms with Crippen LogP contribution >= 0.6 is 0 Å². The minimum Gasteiger partial charge on any atom is -0.444 e. The first kappa shape index (κ1) is 15.5. The van der Waals surface area contributed by atoms with E-state index >= 15 is 0 Å². The van der Waals surface area contributed by atoms with E-state index in [1.54, 1.807) is 18.3 Å². The van der Waals surface area contributed by atoms with E-state index in [1.165, 1.54) is 4.68 Å². The van der Waals surface area contributed by atoms with Crippen LogP contribution in [0.2, 0.25) is 0 Å². The number of carbonyl (C=O) groups excluding carboxylic acids is 1. The number of rotatable bonds is 1. The van der Waals surface area contributed by atoms with E-state index < -0.39 is 5.91 Å². The van der Waals surface area contributed by atoms with Gasteiger partial charge in [-0.2, -0.15) is 7.05 Å². The van der Waals surface area contributed by atoms with Crippen molar-refractivity contribution in [1.29, 1.82) is 0 Å². The third-order valence-corrected chi connectivity index (χ3v) is 1.85. The quantitative estimate of drug-likeness (QED) is 0.481. The van der Waals surface area contributed by atoms with Gasteiger partial charge >= 0.3 is 0 Å². The van der Waals surface area contributed by atoms with Gasteiger partial charge in [0.05, 0.1) is 11.1 Å². The molecule has 0 aliphatic rings. The van der Waals surface area contributed by atoms with Crippen LogP contribution in [-0.4, -0.2) is 15.7 Å². The van der Waals surface area contributed by atoms with Gasteiger partial charge in [-0.05, 0) is 6.07 Å². The second-order valence-corrected chi connectivity index (χ2v) is 2.85. The van der Waals surface area contributed by atoms with E-state index in [-0.39, 0.29) is 32.7 Å². The van der Waals surface area contributed by atoms with Crippen molar-refractivity contribution >= 4 is 16.8 Å². The smallest absolute Gasteiger partial charge is 0.250 e. The number of nitrogens with zero attached hydrogens (tertiary/aromatic N) is 3. The summed E-state index contributed by atoms with van der Waals surface area (Å²) in [6, 6.07) is 5.28. The molecule has 0 aliphatic carbocycles. The second kappa shape index (κ2) is 6.98. The van der Waals surface area contributed by atoms with Gasteiger partial charge in [0.25, 0.3) is 5.91 Å². The summed E-state index contributed by atoms with van der Waals surface area (Å²) >= 11 is 0. The summed E-state index contributed by atoms with van der Waals surface area (Å²) in [5.41, 5.74) is 6.21. The first-order valence-electron chi connectivity index (χ1n) is 4.14. The minimum atomic E-state index is -0.468. The van der Waals surface area contributed by atoms with E-state index in [0.29, 0.717) is 11.1 Å². The van der Waals surface area contributed by atoms with Crippen molar-refractivity contribution in [1.82, 2.24) is 9.78 Å². The molecule has 1 aromatic carbocycles. The fourth-order valence-corrected chi connectivity index (χ4v) is 1.29. The zero-order valence-electron chi connectivity index (χ0n) is 8.74. The first-order valence-corrected chi connectivity index (χ1v) is 4.14. The molecule has 7 nitrogen and oxygen atoms in total. The van der Waals surface area contributed by atoms with Crippen LogP contribution in [0.3, 0.4) is 0 Å². The molecule has 1 radical (unpaired) electrons. The van der Waals surface area contributed by atoms with E-state index in [9.17, 15) is 4.79 Å². The Balaban J connectivity index is 0.000000583. The normalized spacial score (nSPS) is 8.71. The zero-order valence-corrected chi connectivity index (χ0v) is 11.6. The van der Waals surface area contributed by atoms with Crippen molar-refractivity contribution in [3.8, 4) is 0 Å². The fraction of sp³-hybridized carbons (Fsp3) is 0. The van der Waals surface area contributed by atoms with Gasteiger partial charge in [-0.3, -0.25) is 4.79 Å². The van der Waals surface area contributed by atoms with E-state index in [4.69, 9.17) is 15.8 Å². The van der Waals surface area contributed by atoms with Crippen LogP contribution in [0.1, 0.15) is 10.4 Å². The zero-order chi connectivity index (χ0) is 12.1. The molecule has 0 unspecified atom stereocenters. The maximum atomic E-state index is 11.0. The number of fused-ring (bicyclic) bond motifs is 1. The first-order chi connectivity index (χ1) is 7.60. The topological polar surface area (TPSA) is 113 Å². The van der Waals surface area contributed by atoms with E-state index in [2.05, 4.69) is 12.1 Å². The van der Waals surface area contributed by atoms with Crippen molar-refractivity contribution in [3.63, 3.8) is 0 Å². The summed E-state index contributed by atoms with van der Waals surface area (Å²) in [6.07, 6.45) is 1.74. The molecule has 1 amide bonds. The summed E-state index contributed by atoms with van der Waals surface area (Å²) < 4.78 is 1.41. The number of benzene rings is 1. The van der Waals surface area contributed by atoms with E-state index in [1.807, 2.05) is 6.07 Å². The third kappa shape index (κ3) is 3.79.